The number of nitrogens with zero attached hydrogens (tertiary/aromatic N) is 2. The first-order chi connectivity index (χ1) is 9.74. The minimum atomic E-state index is -0.204. The first kappa shape index (κ1) is 13.6. The Morgan fingerprint density at radius 3 is 3.00 bits per heavy atom. The number of hydrogen-bond donors (Lipinski definition) is 2. The molecule has 2 aromatic rings. The van der Waals surface area contributed by atoms with Crippen molar-refractivity contribution in [2.45, 2.75) is 6.54 Å². The highest BCUT2D eigenvalue weighted by Gasteiger charge is 2.10. The smallest absolute Gasteiger partial charge is 0.255 e. The van der Waals surface area contributed by atoms with Gasteiger partial charge in [0.15, 0.2) is 0 Å². The highest BCUT2D eigenvalue weighted by Crippen LogP contribution is 2.12. The number of rotatable bonds is 4. The van der Waals surface area contributed by atoms with Gasteiger partial charge in [-0.25, -0.2) is 0 Å². The summed E-state index contributed by atoms with van der Waals surface area (Å²) >= 11 is 0. The molecule has 1 heterocycles. The van der Waals surface area contributed by atoms with E-state index in [-0.39, 0.29) is 5.91 Å². The number of carbonyl (C=O) groups excluding carboxylic acids is 1. The van der Waals surface area contributed by atoms with Crippen LogP contribution in [0.15, 0.2) is 42.7 Å². The molecule has 0 bridgehead atoms. The highest BCUT2D eigenvalue weighted by atomic mass is 16.1. The molecular formula is C15H14N4O. The maximum absolute atomic E-state index is 12.1. The molecule has 5 heteroatoms. The van der Waals surface area contributed by atoms with Gasteiger partial charge in [0, 0.05) is 31.7 Å². The average molecular weight is 266 g/mol. The molecule has 0 spiro atoms. The monoisotopic (exact) mass is 266 g/mol. The Morgan fingerprint density at radius 1 is 1.40 bits per heavy atom. The molecule has 100 valence electrons. The Kier molecular flexibility index (Phi) is 4.30. The van der Waals surface area contributed by atoms with E-state index in [2.05, 4.69) is 21.7 Å². The number of hydrogen-bond acceptors (Lipinski definition) is 4. The van der Waals surface area contributed by atoms with Gasteiger partial charge in [-0.15, -0.1) is 0 Å². The van der Waals surface area contributed by atoms with Gasteiger partial charge in [-0.1, -0.05) is 12.1 Å². The third kappa shape index (κ3) is 3.12. The van der Waals surface area contributed by atoms with Gasteiger partial charge in [-0.2, -0.15) is 5.26 Å². The van der Waals surface area contributed by atoms with Crippen molar-refractivity contribution in [1.29, 1.82) is 5.26 Å². The van der Waals surface area contributed by atoms with Crippen molar-refractivity contribution >= 4 is 11.6 Å². The van der Waals surface area contributed by atoms with Crippen LogP contribution in [-0.4, -0.2) is 17.9 Å². The molecule has 0 saturated carbocycles. The Balaban J connectivity index is 2.07. The molecule has 0 radical (unpaired) electrons. The Hall–Kier alpha value is -2.87. The Labute approximate surface area is 117 Å². The fourth-order valence-corrected chi connectivity index (χ4v) is 1.82. The Morgan fingerprint density at radius 2 is 2.25 bits per heavy atom. The number of aromatic nitrogens is 1. The van der Waals surface area contributed by atoms with Crippen LogP contribution in [0.5, 0.6) is 0 Å². The molecule has 2 N–H and O–H groups in total. The van der Waals surface area contributed by atoms with Gasteiger partial charge in [-0.3, -0.25) is 9.78 Å². The van der Waals surface area contributed by atoms with Gasteiger partial charge >= 0.3 is 0 Å². The summed E-state index contributed by atoms with van der Waals surface area (Å²) in [6, 6.07) is 11.0. The van der Waals surface area contributed by atoms with Crippen molar-refractivity contribution in [2.75, 3.05) is 12.4 Å². The van der Waals surface area contributed by atoms with Crippen molar-refractivity contribution in [1.82, 2.24) is 10.3 Å². The zero-order valence-corrected chi connectivity index (χ0v) is 11.1. The molecular weight excluding hydrogens is 252 g/mol. The summed E-state index contributed by atoms with van der Waals surface area (Å²) in [5.74, 6) is -0.204. The first-order valence-corrected chi connectivity index (χ1v) is 6.13. The van der Waals surface area contributed by atoms with E-state index in [1.165, 1.54) is 6.20 Å². The maximum Gasteiger partial charge on any atom is 0.255 e. The van der Waals surface area contributed by atoms with Crippen LogP contribution in [0.25, 0.3) is 0 Å². The SMILES string of the molecule is CNc1ccncc1C(=O)NCc1cccc(C#N)c1. The van der Waals surface area contributed by atoms with Crippen molar-refractivity contribution < 1.29 is 4.79 Å². The van der Waals surface area contributed by atoms with Crippen LogP contribution in [0, 0.1) is 11.3 Å². The standard InChI is InChI=1S/C15H14N4O/c1-17-14-5-6-18-10-13(14)15(20)19-9-12-4-2-3-11(7-12)8-16/h2-7,10H,9H2,1H3,(H,17,18)(H,19,20). The first-order valence-electron chi connectivity index (χ1n) is 6.13. The third-order valence-electron chi connectivity index (χ3n) is 2.84. The van der Waals surface area contributed by atoms with Gasteiger partial charge in [0.1, 0.15) is 0 Å². The lowest BCUT2D eigenvalue weighted by atomic mass is 10.1. The van der Waals surface area contributed by atoms with Crippen LogP contribution in [0.1, 0.15) is 21.5 Å². The second-order valence-corrected chi connectivity index (χ2v) is 4.17. The van der Waals surface area contributed by atoms with E-state index in [4.69, 9.17) is 5.26 Å². The number of anilines is 1. The summed E-state index contributed by atoms with van der Waals surface area (Å²) in [6.45, 7) is 0.367. The van der Waals surface area contributed by atoms with E-state index in [0.717, 1.165) is 11.3 Å². The van der Waals surface area contributed by atoms with E-state index in [1.807, 2.05) is 6.07 Å². The Bertz CT molecular complexity index is 661. The van der Waals surface area contributed by atoms with Crippen LogP contribution >= 0.6 is 0 Å². The molecule has 0 aliphatic rings. The van der Waals surface area contributed by atoms with Gasteiger partial charge in [0.25, 0.3) is 5.91 Å². The molecule has 1 amide bonds. The molecule has 0 saturated heterocycles. The zero-order valence-electron chi connectivity index (χ0n) is 11.1. The van der Waals surface area contributed by atoms with Gasteiger partial charge < -0.3 is 10.6 Å². The second kappa shape index (κ2) is 6.34. The van der Waals surface area contributed by atoms with E-state index in [1.54, 1.807) is 37.5 Å². The van der Waals surface area contributed by atoms with Gasteiger partial charge in [0.05, 0.1) is 17.2 Å². The van der Waals surface area contributed by atoms with E-state index < -0.39 is 0 Å². The largest absolute Gasteiger partial charge is 0.387 e. The van der Waals surface area contributed by atoms with Crippen LogP contribution in [0.2, 0.25) is 0 Å². The topological polar surface area (TPSA) is 77.8 Å². The third-order valence-corrected chi connectivity index (χ3v) is 2.84. The van der Waals surface area contributed by atoms with Crippen molar-refractivity contribution in [2.24, 2.45) is 0 Å². The molecule has 1 aromatic carbocycles. The quantitative estimate of drug-likeness (QED) is 0.886. The molecule has 0 aliphatic carbocycles. The number of benzene rings is 1. The predicted octanol–water partition coefficient (Wildman–Crippen LogP) is 1.92. The summed E-state index contributed by atoms with van der Waals surface area (Å²) < 4.78 is 0. The van der Waals surface area contributed by atoms with Crippen LogP contribution < -0.4 is 10.6 Å². The summed E-state index contributed by atoms with van der Waals surface area (Å²) in [7, 11) is 1.75. The molecule has 0 aliphatic heterocycles. The van der Waals surface area contributed by atoms with Crippen LogP contribution in [0.3, 0.4) is 0 Å². The zero-order chi connectivity index (χ0) is 14.4. The molecule has 0 fully saturated rings. The summed E-state index contributed by atoms with van der Waals surface area (Å²) in [5.41, 5.74) is 2.68. The normalized spacial score (nSPS) is 9.60. The number of pyridine rings is 1. The highest BCUT2D eigenvalue weighted by molar-refractivity contribution is 5.99. The van der Waals surface area contributed by atoms with Crippen molar-refractivity contribution in [3.63, 3.8) is 0 Å². The number of nitrogens with one attached hydrogen (secondary N) is 2. The summed E-state index contributed by atoms with van der Waals surface area (Å²) in [5, 5.41) is 14.6. The van der Waals surface area contributed by atoms with Crippen LogP contribution in [-0.2, 0) is 6.54 Å². The van der Waals surface area contributed by atoms with Gasteiger partial charge in [-0.05, 0) is 23.8 Å². The lowest BCUT2D eigenvalue weighted by Gasteiger charge is -2.09. The second-order valence-electron chi connectivity index (χ2n) is 4.17. The fraction of sp³-hybridized carbons (Fsp3) is 0.133. The average Bonchev–Trinajstić information content (AvgIpc) is 2.52. The minimum Gasteiger partial charge on any atom is -0.387 e. The lowest BCUT2D eigenvalue weighted by molar-refractivity contribution is 0.0951. The predicted molar refractivity (Wildman–Crippen MR) is 76.1 cm³/mol. The number of nitriles is 1. The van der Waals surface area contributed by atoms with Gasteiger partial charge in [0.2, 0.25) is 0 Å². The molecule has 0 atom stereocenters. The van der Waals surface area contributed by atoms with E-state index >= 15 is 0 Å². The van der Waals surface area contributed by atoms with E-state index in [9.17, 15) is 4.79 Å². The molecule has 1 aromatic heterocycles. The van der Waals surface area contributed by atoms with E-state index in [0.29, 0.717) is 17.7 Å². The van der Waals surface area contributed by atoms with Crippen molar-refractivity contribution in [3.8, 4) is 6.07 Å². The minimum absolute atomic E-state index is 0.204. The maximum atomic E-state index is 12.1. The fourth-order valence-electron chi connectivity index (χ4n) is 1.82. The molecule has 0 unspecified atom stereocenters. The number of amides is 1. The molecule has 20 heavy (non-hydrogen) atoms. The lowest BCUT2D eigenvalue weighted by Crippen LogP contribution is -2.23. The summed E-state index contributed by atoms with van der Waals surface area (Å²) in [6.07, 6.45) is 3.14. The molecule has 5 nitrogen and oxygen atoms in total. The van der Waals surface area contributed by atoms with Crippen molar-refractivity contribution in [3.05, 3.63) is 59.4 Å². The van der Waals surface area contributed by atoms with Crippen LogP contribution in [0.4, 0.5) is 5.69 Å². The number of carbonyl (C=O) groups is 1. The molecule has 2 rings (SSSR count). The summed E-state index contributed by atoms with van der Waals surface area (Å²) in [4.78, 5) is 16.0.